The zero-order valence-corrected chi connectivity index (χ0v) is 11.5. The van der Waals surface area contributed by atoms with Crippen LogP contribution in [0.3, 0.4) is 0 Å². The third kappa shape index (κ3) is 3.19. The highest BCUT2D eigenvalue weighted by molar-refractivity contribution is 4.98. The van der Waals surface area contributed by atoms with Gasteiger partial charge in [0.1, 0.15) is 0 Å². The number of piperidine rings is 1. The molecule has 0 aromatic rings. The smallest absolute Gasteiger partial charge is 0.0610 e. The highest BCUT2D eigenvalue weighted by atomic mass is 16.5. The molecule has 3 heteroatoms. The molecule has 96 valence electrons. The Morgan fingerprint density at radius 1 is 1.19 bits per heavy atom. The van der Waals surface area contributed by atoms with Crippen LogP contribution in [0.2, 0.25) is 0 Å². The zero-order chi connectivity index (χ0) is 12.4. The lowest BCUT2D eigenvalue weighted by atomic mass is 9.79. The predicted molar refractivity (Wildman–Crippen MR) is 68.6 cm³/mol. The van der Waals surface area contributed by atoms with Crippen LogP contribution in [-0.2, 0) is 4.74 Å². The number of likely N-dealkylation sites (tertiary alicyclic amines) is 1. The second-order valence-electron chi connectivity index (χ2n) is 6.23. The highest BCUT2D eigenvalue weighted by Gasteiger charge is 2.43. The molecule has 0 spiro atoms. The van der Waals surface area contributed by atoms with Gasteiger partial charge in [-0.25, -0.2) is 0 Å². The topological polar surface area (TPSA) is 38.5 Å². The van der Waals surface area contributed by atoms with E-state index in [1.165, 1.54) is 0 Å². The van der Waals surface area contributed by atoms with Crippen molar-refractivity contribution in [2.75, 3.05) is 20.2 Å². The number of hydrogen-bond acceptors (Lipinski definition) is 3. The first kappa shape index (κ1) is 13.9. The number of hydrogen-bond donors (Lipinski definition) is 1. The summed E-state index contributed by atoms with van der Waals surface area (Å²) in [7, 11) is 2.22. The van der Waals surface area contributed by atoms with Gasteiger partial charge >= 0.3 is 0 Å². The summed E-state index contributed by atoms with van der Waals surface area (Å²) in [6, 6.07) is 0. The van der Waals surface area contributed by atoms with Crippen molar-refractivity contribution in [2.24, 2.45) is 5.73 Å². The molecule has 0 saturated carbocycles. The zero-order valence-electron chi connectivity index (χ0n) is 11.5. The van der Waals surface area contributed by atoms with E-state index in [-0.39, 0.29) is 11.1 Å². The molecular formula is C13H28N2O. The van der Waals surface area contributed by atoms with Gasteiger partial charge in [-0.05, 0) is 60.5 Å². The summed E-state index contributed by atoms with van der Waals surface area (Å²) >= 11 is 0. The third-order valence-electron chi connectivity index (χ3n) is 3.97. The summed E-state index contributed by atoms with van der Waals surface area (Å²) in [6.45, 7) is 10.7. The lowest BCUT2D eigenvalue weighted by Crippen LogP contribution is -2.60. The molecule has 16 heavy (non-hydrogen) atoms. The molecule has 0 unspecified atom stereocenters. The molecule has 1 fully saturated rings. The first-order valence-corrected chi connectivity index (χ1v) is 6.35. The summed E-state index contributed by atoms with van der Waals surface area (Å²) in [5.74, 6) is 0. The Morgan fingerprint density at radius 3 is 2.12 bits per heavy atom. The first-order valence-electron chi connectivity index (χ1n) is 6.35. The molecule has 0 amide bonds. The van der Waals surface area contributed by atoms with E-state index in [0.29, 0.717) is 6.10 Å². The molecule has 1 aliphatic rings. The maximum atomic E-state index is 5.94. The van der Waals surface area contributed by atoms with Gasteiger partial charge in [-0.15, -0.1) is 0 Å². The van der Waals surface area contributed by atoms with Crippen LogP contribution in [0.15, 0.2) is 0 Å². The van der Waals surface area contributed by atoms with E-state index in [0.717, 1.165) is 32.4 Å². The second-order valence-corrected chi connectivity index (χ2v) is 6.23. The van der Waals surface area contributed by atoms with Gasteiger partial charge in [0.15, 0.2) is 0 Å². The van der Waals surface area contributed by atoms with Crippen LogP contribution in [0.1, 0.15) is 47.0 Å². The van der Waals surface area contributed by atoms with Gasteiger partial charge in [-0.1, -0.05) is 0 Å². The van der Waals surface area contributed by atoms with Crippen molar-refractivity contribution in [3.8, 4) is 0 Å². The first-order chi connectivity index (χ1) is 7.29. The van der Waals surface area contributed by atoms with Gasteiger partial charge in [0.05, 0.1) is 6.10 Å². The molecule has 0 radical (unpaired) electrons. The van der Waals surface area contributed by atoms with Crippen molar-refractivity contribution in [3.63, 3.8) is 0 Å². The molecule has 1 saturated heterocycles. The van der Waals surface area contributed by atoms with E-state index in [9.17, 15) is 0 Å². The quantitative estimate of drug-likeness (QED) is 0.748. The van der Waals surface area contributed by atoms with Crippen LogP contribution in [0.4, 0.5) is 0 Å². The van der Waals surface area contributed by atoms with E-state index < -0.39 is 0 Å². The fourth-order valence-corrected chi connectivity index (χ4v) is 2.73. The Kier molecular flexibility index (Phi) is 4.38. The van der Waals surface area contributed by atoms with E-state index >= 15 is 0 Å². The average Bonchev–Trinajstić information content (AvgIpc) is 2.14. The standard InChI is InChI=1S/C13H28N2O/c1-12(2)9-11(16-8-6-7-14)10-13(3,4)15(12)5/h11H,6-10,14H2,1-5H3. The van der Waals surface area contributed by atoms with Crippen LogP contribution >= 0.6 is 0 Å². The molecule has 1 aliphatic heterocycles. The van der Waals surface area contributed by atoms with E-state index in [4.69, 9.17) is 10.5 Å². The minimum atomic E-state index is 0.217. The molecule has 1 rings (SSSR count). The van der Waals surface area contributed by atoms with Crippen molar-refractivity contribution in [1.82, 2.24) is 4.90 Å². The maximum Gasteiger partial charge on any atom is 0.0610 e. The Labute approximate surface area is 100 Å². The average molecular weight is 228 g/mol. The van der Waals surface area contributed by atoms with Gasteiger partial charge in [0, 0.05) is 17.7 Å². The molecule has 0 aromatic carbocycles. The van der Waals surface area contributed by atoms with Crippen LogP contribution in [0.25, 0.3) is 0 Å². The largest absolute Gasteiger partial charge is 0.378 e. The Hall–Kier alpha value is -0.120. The normalized spacial score (nSPS) is 25.9. The van der Waals surface area contributed by atoms with Gasteiger partial charge in [-0.3, -0.25) is 4.90 Å². The lowest BCUT2D eigenvalue weighted by Gasteiger charge is -2.53. The van der Waals surface area contributed by atoms with E-state index in [2.05, 4.69) is 39.6 Å². The minimum Gasteiger partial charge on any atom is -0.378 e. The molecule has 2 N–H and O–H groups in total. The Balaban J connectivity index is 2.57. The predicted octanol–water partition coefficient (Wildman–Crippen LogP) is 2.00. The summed E-state index contributed by atoms with van der Waals surface area (Å²) in [4.78, 5) is 2.47. The van der Waals surface area contributed by atoms with E-state index in [1.54, 1.807) is 0 Å². The number of ether oxygens (including phenoxy) is 1. The van der Waals surface area contributed by atoms with Crippen molar-refractivity contribution >= 4 is 0 Å². The molecule has 1 heterocycles. The number of rotatable bonds is 4. The van der Waals surface area contributed by atoms with Crippen molar-refractivity contribution in [1.29, 1.82) is 0 Å². The minimum absolute atomic E-state index is 0.217. The van der Waals surface area contributed by atoms with Crippen LogP contribution < -0.4 is 5.73 Å². The highest BCUT2D eigenvalue weighted by Crippen LogP contribution is 2.37. The Bertz CT molecular complexity index is 208. The van der Waals surface area contributed by atoms with Gasteiger partial charge < -0.3 is 10.5 Å². The summed E-state index contributed by atoms with van der Waals surface area (Å²) in [5.41, 5.74) is 5.92. The van der Waals surface area contributed by atoms with E-state index in [1.807, 2.05) is 0 Å². The molecule has 0 aromatic heterocycles. The molecule has 0 aliphatic carbocycles. The SMILES string of the molecule is CN1C(C)(C)CC(OCCCN)CC1(C)C. The molecule has 0 bridgehead atoms. The summed E-state index contributed by atoms with van der Waals surface area (Å²) in [6.07, 6.45) is 3.56. The van der Waals surface area contributed by atoms with Gasteiger partial charge in [0.25, 0.3) is 0 Å². The van der Waals surface area contributed by atoms with Crippen molar-refractivity contribution < 1.29 is 4.74 Å². The van der Waals surface area contributed by atoms with Gasteiger partial charge in [0.2, 0.25) is 0 Å². The molecule has 0 atom stereocenters. The monoisotopic (exact) mass is 228 g/mol. The van der Waals surface area contributed by atoms with Crippen LogP contribution in [0.5, 0.6) is 0 Å². The van der Waals surface area contributed by atoms with Crippen LogP contribution in [0, 0.1) is 0 Å². The summed E-state index contributed by atoms with van der Waals surface area (Å²) < 4.78 is 5.94. The second kappa shape index (κ2) is 5.03. The fraction of sp³-hybridized carbons (Fsp3) is 1.00. The number of nitrogens with zero attached hydrogens (tertiary/aromatic N) is 1. The number of nitrogens with two attached hydrogens (primary N) is 1. The van der Waals surface area contributed by atoms with Crippen molar-refractivity contribution in [3.05, 3.63) is 0 Å². The fourth-order valence-electron chi connectivity index (χ4n) is 2.73. The third-order valence-corrected chi connectivity index (χ3v) is 3.97. The lowest BCUT2D eigenvalue weighted by molar-refractivity contribution is -0.0913. The van der Waals surface area contributed by atoms with Crippen LogP contribution in [-0.4, -0.2) is 42.3 Å². The summed E-state index contributed by atoms with van der Waals surface area (Å²) in [5, 5.41) is 0. The van der Waals surface area contributed by atoms with Gasteiger partial charge in [-0.2, -0.15) is 0 Å². The Morgan fingerprint density at radius 2 is 1.69 bits per heavy atom. The maximum absolute atomic E-state index is 5.94. The van der Waals surface area contributed by atoms with Crippen molar-refractivity contribution in [2.45, 2.75) is 64.1 Å². The molecular weight excluding hydrogens is 200 g/mol. The molecule has 3 nitrogen and oxygen atoms in total.